The highest BCUT2D eigenvalue weighted by atomic mass is 15.5. The first-order valence-electron chi connectivity index (χ1n) is 17.7. The molecule has 0 aromatic heterocycles. The maximum absolute atomic E-state index is 2.61. The number of likely N-dealkylation sites (tertiary alicyclic amines) is 2. The molecule has 6 aliphatic rings. The molecule has 4 fully saturated rings. The summed E-state index contributed by atoms with van der Waals surface area (Å²) in [5, 5.41) is 0. The van der Waals surface area contributed by atoms with E-state index in [2.05, 4.69) is 85.0 Å². The Kier molecular flexibility index (Phi) is 12.9. The molecule has 9 heteroatoms. The maximum Gasteiger partial charge on any atom is 0.350 e. The summed E-state index contributed by atoms with van der Waals surface area (Å²) in [6.07, 6.45) is 12.0. The van der Waals surface area contributed by atoms with Gasteiger partial charge in [-0.15, -0.1) is 0 Å². The van der Waals surface area contributed by atoms with E-state index in [1.54, 1.807) is 5.96 Å². The number of hydrogen-bond donors (Lipinski definition) is 0. The van der Waals surface area contributed by atoms with Crippen molar-refractivity contribution < 1.29 is 13.7 Å². The molecule has 0 spiro atoms. The van der Waals surface area contributed by atoms with Gasteiger partial charge in [0.05, 0.1) is 119 Å². The van der Waals surface area contributed by atoms with Crippen molar-refractivity contribution in [3.8, 4) is 0 Å². The summed E-state index contributed by atoms with van der Waals surface area (Å²) in [7, 11) is 6.61. The van der Waals surface area contributed by atoms with E-state index in [-0.39, 0.29) is 0 Å². The minimum atomic E-state index is 1.18. The van der Waals surface area contributed by atoms with E-state index >= 15 is 0 Å². The molecule has 0 amide bonds. The van der Waals surface area contributed by atoms with E-state index in [0.717, 1.165) is 0 Å². The molecule has 240 valence electrons. The Morgan fingerprint density at radius 3 is 1.36 bits per heavy atom. The molecule has 0 radical (unpaired) electrons. The van der Waals surface area contributed by atoms with Crippen LogP contribution in [0.25, 0.3) is 0 Å². The van der Waals surface area contributed by atoms with Gasteiger partial charge in [0.15, 0.2) is 0 Å². The third-order valence-electron chi connectivity index (χ3n) is 9.64. The minimum absolute atomic E-state index is 1.18. The first-order chi connectivity index (χ1) is 20.5. The second-order valence-electron chi connectivity index (χ2n) is 13.2. The van der Waals surface area contributed by atoms with Gasteiger partial charge in [0.1, 0.15) is 0 Å². The highest BCUT2D eigenvalue weighted by Crippen LogP contribution is 2.15. The van der Waals surface area contributed by atoms with E-state index in [4.69, 9.17) is 0 Å². The van der Waals surface area contributed by atoms with Crippen LogP contribution in [-0.2, 0) is 0 Å². The van der Waals surface area contributed by atoms with Crippen molar-refractivity contribution >= 4 is 17.9 Å². The summed E-state index contributed by atoms with van der Waals surface area (Å²) in [4.78, 5) is 15.2. The fourth-order valence-electron chi connectivity index (χ4n) is 7.67. The van der Waals surface area contributed by atoms with Gasteiger partial charge in [-0.3, -0.25) is 43.1 Å². The third-order valence-corrected chi connectivity index (χ3v) is 9.64. The molecule has 6 heterocycles. The Morgan fingerprint density at radius 1 is 0.476 bits per heavy atom. The molecule has 0 saturated carbocycles. The van der Waals surface area contributed by atoms with Gasteiger partial charge in [0.2, 0.25) is 0 Å². The fraction of sp³-hybridized carbons (Fsp3) is 0.909. The van der Waals surface area contributed by atoms with E-state index in [0.29, 0.717) is 0 Å². The van der Waals surface area contributed by atoms with Crippen molar-refractivity contribution in [3.63, 3.8) is 0 Å². The molecular weight excluding hydrogens is 522 g/mol. The maximum atomic E-state index is 2.61. The highest BCUT2D eigenvalue weighted by molar-refractivity contribution is 5.77. The van der Waals surface area contributed by atoms with Crippen molar-refractivity contribution in [2.24, 2.45) is 0 Å². The van der Waals surface area contributed by atoms with Crippen molar-refractivity contribution in [3.05, 3.63) is 0 Å². The van der Waals surface area contributed by atoms with Crippen LogP contribution < -0.4 is 0 Å². The lowest BCUT2D eigenvalue weighted by Crippen LogP contribution is -2.43. The van der Waals surface area contributed by atoms with Crippen LogP contribution in [0.4, 0.5) is 0 Å². The van der Waals surface area contributed by atoms with E-state index < -0.39 is 0 Å². The van der Waals surface area contributed by atoms with Crippen LogP contribution in [0.1, 0.15) is 78.6 Å². The highest BCUT2D eigenvalue weighted by Gasteiger charge is 2.36. The van der Waals surface area contributed by atoms with Gasteiger partial charge in [-0.2, -0.15) is 0 Å². The van der Waals surface area contributed by atoms with Crippen molar-refractivity contribution in [1.29, 1.82) is 0 Å². The first-order valence-corrected chi connectivity index (χ1v) is 17.7. The van der Waals surface area contributed by atoms with Crippen LogP contribution in [0, 0.1) is 0 Å². The van der Waals surface area contributed by atoms with Crippen molar-refractivity contribution in [2.75, 3.05) is 119 Å². The molecular formula is C33H66N9+3. The summed E-state index contributed by atoms with van der Waals surface area (Å²) in [5.74, 6) is 4.47. The van der Waals surface area contributed by atoms with Crippen LogP contribution in [0.15, 0.2) is 0 Å². The summed E-state index contributed by atoms with van der Waals surface area (Å²) in [6, 6.07) is 0. The predicted molar refractivity (Wildman–Crippen MR) is 176 cm³/mol. The van der Waals surface area contributed by atoms with Gasteiger partial charge < -0.3 is 0 Å². The topological polar surface area (TPSA) is 28.5 Å². The predicted octanol–water partition coefficient (Wildman–Crippen LogP) is 2.42. The SMILES string of the molecule is CCCN1CCN(CCC)C1=[N+]1CCCC1.CCCN1CC[N+](C)=C1N1CCCC1.CN1CC[N+](C)=C1N1CCCC1. The lowest BCUT2D eigenvalue weighted by atomic mass is 10.4. The molecule has 0 aromatic rings. The summed E-state index contributed by atoms with van der Waals surface area (Å²) in [6.45, 7) is 25.3. The Morgan fingerprint density at radius 2 is 0.905 bits per heavy atom. The zero-order chi connectivity index (χ0) is 29.9. The molecule has 0 bridgehead atoms. The molecule has 0 aromatic carbocycles. The van der Waals surface area contributed by atoms with Crippen molar-refractivity contribution in [1.82, 2.24) is 29.4 Å². The Hall–Kier alpha value is -2.19. The molecule has 0 N–H and O–H groups in total. The molecule has 42 heavy (non-hydrogen) atoms. The molecule has 0 aliphatic carbocycles. The third kappa shape index (κ3) is 8.25. The molecule has 9 nitrogen and oxygen atoms in total. The normalized spacial score (nSPS) is 22.7. The lowest BCUT2D eigenvalue weighted by Gasteiger charge is -2.20. The summed E-state index contributed by atoms with van der Waals surface area (Å²) >= 11 is 0. The summed E-state index contributed by atoms with van der Waals surface area (Å²) < 4.78 is 7.39. The standard InChI is InChI=1S/C13H26N3.C11H22N3.C9H18N3/c1-3-7-14-11-12-15(8-4-2)13(14)16-9-5-6-10-16;1-3-6-13-10-9-12(2)11(13)14-7-4-5-8-14;1-10-7-8-11(2)9(10)12-5-3-4-6-12/h3-12H2,1-2H3;3-10H2,1-2H3;3-8H2,1-2H3/q3*+1. The van der Waals surface area contributed by atoms with Crippen LogP contribution in [-0.4, -0.2) is 180 Å². The van der Waals surface area contributed by atoms with Crippen LogP contribution >= 0.6 is 0 Å². The lowest BCUT2D eigenvalue weighted by molar-refractivity contribution is -0.515. The molecule has 0 atom stereocenters. The van der Waals surface area contributed by atoms with E-state index in [9.17, 15) is 0 Å². The van der Waals surface area contributed by atoms with Crippen molar-refractivity contribution in [2.45, 2.75) is 78.6 Å². The zero-order valence-electron chi connectivity index (χ0n) is 28.5. The number of guanidine groups is 3. The molecule has 0 unspecified atom stereocenters. The van der Waals surface area contributed by atoms with Gasteiger partial charge in [-0.05, 0) is 57.8 Å². The van der Waals surface area contributed by atoms with Gasteiger partial charge in [0, 0.05) is 0 Å². The monoisotopic (exact) mass is 589 g/mol. The minimum Gasteiger partial charge on any atom is -0.265 e. The zero-order valence-corrected chi connectivity index (χ0v) is 28.5. The molecule has 4 saturated heterocycles. The molecule has 6 aliphatic heterocycles. The van der Waals surface area contributed by atoms with Gasteiger partial charge in [0.25, 0.3) is 0 Å². The number of likely N-dealkylation sites (N-methyl/N-ethyl adjacent to an activating group) is 3. The Labute approximate surface area is 258 Å². The number of rotatable bonds is 6. The van der Waals surface area contributed by atoms with E-state index in [1.165, 1.54) is 168 Å². The van der Waals surface area contributed by atoms with Crippen LogP contribution in [0.3, 0.4) is 0 Å². The Balaban J connectivity index is 0.000000146. The second-order valence-corrected chi connectivity index (χ2v) is 13.2. The number of hydrogen-bond acceptors (Lipinski definition) is 4. The smallest absolute Gasteiger partial charge is 0.265 e. The fourth-order valence-corrected chi connectivity index (χ4v) is 7.67. The summed E-state index contributed by atoms with van der Waals surface area (Å²) in [5.41, 5.74) is 0. The average molecular weight is 589 g/mol. The first kappa shape index (κ1) is 32.7. The second kappa shape index (κ2) is 16.6. The molecule has 6 rings (SSSR count). The Bertz CT molecular complexity index is 906. The average Bonchev–Trinajstić information content (AvgIpc) is 3.81. The van der Waals surface area contributed by atoms with Crippen LogP contribution in [0.5, 0.6) is 0 Å². The van der Waals surface area contributed by atoms with Crippen LogP contribution in [0.2, 0.25) is 0 Å². The van der Waals surface area contributed by atoms with Gasteiger partial charge in [-0.1, -0.05) is 20.8 Å². The largest absolute Gasteiger partial charge is 0.350 e. The van der Waals surface area contributed by atoms with Gasteiger partial charge >= 0.3 is 17.9 Å². The van der Waals surface area contributed by atoms with E-state index in [1.807, 2.05) is 0 Å². The number of nitrogens with zero attached hydrogens (tertiary/aromatic N) is 9. The quantitative estimate of drug-likeness (QED) is 0.443. The van der Waals surface area contributed by atoms with Gasteiger partial charge in [-0.25, -0.2) is 0 Å².